The first-order chi connectivity index (χ1) is 14.6. The predicted octanol–water partition coefficient (Wildman–Crippen LogP) is 4.43. The van der Waals surface area contributed by atoms with Gasteiger partial charge in [0.1, 0.15) is 0 Å². The van der Waals surface area contributed by atoms with Crippen molar-refractivity contribution in [2.75, 3.05) is 31.5 Å². The Morgan fingerprint density at radius 2 is 1.70 bits per heavy atom. The van der Waals surface area contributed by atoms with E-state index < -0.39 is 0 Å². The number of carbonyl (C=O) groups excluding carboxylic acids is 2. The third kappa shape index (κ3) is 4.85. The first-order valence-corrected chi connectivity index (χ1v) is 11.1. The standard InChI is InChI=1S/C24H28ClN3O2/c25-21-11-3-1-8-18(21)16-27-13-7-9-19(17-27)23(29)26-22-12-4-2-10-20(22)24(30)28-14-5-6-15-28/h1-4,8,10-12,19H,5-7,9,13-17H2,(H,26,29)/t19-/m0/s1. The zero-order valence-corrected chi connectivity index (χ0v) is 17.9. The van der Waals surface area contributed by atoms with Gasteiger partial charge >= 0.3 is 0 Å². The summed E-state index contributed by atoms with van der Waals surface area (Å²) in [5.74, 6) is -0.107. The molecule has 158 valence electrons. The van der Waals surface area contributed by atoms with Crippen molar-refractivity contribution in [3.05, 3.63) is 64.7 Å². The lowest BCUT2D eigenvalue weighted by atomic mass is 9.96. The number of anilines is 1. The maximum absolute atomic E-state index is 13.0. The maximum Gasteiger partial charge on any atom is 0.255 e. The number of amides is 2. The average Bonchev–Trinajstić information content (AvgIpc) is 3.30. The smallest absolute Gasteiger partial charge is 0.255 e. The Morgan fingerprint density at radius 3 is 2.50 bits per heavy atom. The summed E-state index contributed by atoms with van der Waals surface area (Å²) in [6.07, 6.45) is 3.91. The van der Waals surface area contributed by atoms with Crippen LogP contribution in [0.5, 0.6) is 0 Å². The van der Waals surface area contributed by atoms with Crippen LogP contribution in [0.2, 0.25) is 5.02 Å². The van der Waals surface area contributed by atoms with Gasteiger partial charge in [-0.1, -0.05) is 41.9 Å². The van der Waals surface area contributed by atoms with E-state index in [-0.39, 0.29) is 17.7 Å². The Kier molecular flexibility index (Phi) is 6.70. The van der Waals surface area contributed by atoms with Gasteiger partial charge in [0.25, 0.3) is 5.91 Å². The summed E-state index contributed by atoms with van der Waals surface area (Å²) in [6.45, 7) is 3.98. The van der Waals surface area contributed by atoms with Gasteiger partial charge in [-0.25, -0.2) is 0 Å². The van der Waals surface area contributed by atoms with E-state index in [1.807, 2.05) is 47.4 Å². The normalized spacial score (nSPS) is 19.6. The second-order valence-electron chi connectivity index (χ2n) is 8.20. The first kappa shape index (κ1) is 20.9. The number of para-hydroxylation sites is 1. The molecule has 0 unspecified atom stereocenters. The molecule has 4 rings (SSSR count). The van der Waals surface area contributed by atoms with Gasteiger partial charge in [-0.15, -0.1) is 0 Å². The van der Waals surface area contributed by atoms with Gasteiger partial charge in [0, 0.05) is 31.2 Å². The lowest BCUT2D eigenvalue weighted by Gasteiger charge is -2.32. The van der Waals surface area contributed by atoms with Crippen molar-refractivity contribution in [3.8, 4) is 0 Å². The number of nitrogens with one attached hydrogen (secondary N) is 1. The van der Waals surface area contributed by atoms with E-state index in [1.165, 1.54) is 0 Å². The van der Waals surface area contributed by atoms with Crippen LogP contribution in [0, 0.1) is 5.92 Å². The van der Waals surface area contributed by atoms with Crippen LogP contribution in [-0.2, 0) is 11.3 Å². The van der Waals surface area contributed by atoms with Crippen LogP contribution in [0.25, 0.3) is 0 Å². The van der Waals surface area contributed by atoms with E-state index in [4.69, 9.17) is 11.6 Å². The molecule has 2 aliphatic heterocycles. The van der Waals surface area contributed by atoms with E-state index in [1.54, 1.807) is 6.07 Å². The second-order valence-corrected chi connectivity index (χ2v) is 8.61. The number of hydrogen-bond donors (Lipinski definition) is 1. The van der Waals surface area contributed by atoms with Crippen LogP contribution >= 0.6 is 11.6 Å². The zero-order valence-electron chi connectivity index (χ0n) is 17.1. The van der Waals surface area contributed by atoms with Gasteiger partial charge in [-0.05, 0) is 56.0 Å². The lowest BCUT2D eigenvalue weighted by molar-refractivity contribution is -0.121. The van der Waals surface area contributed by atoms with E-state index in [0.717, 1.165) is 62.4 Å². The molecule has 0 saturated carbocycles. The Morgan fingerprint density at radius 1 is 0.967 bits per heavy atom. The second kappa shape index (κ2) is 9.63. The first-order valence-electron chi connectivity index (χ1n) is 10.8. The number of carbonyl (C=O) groups is 2. The number of nitrogens with zero attached hydrogens (tertiary/aromatic N) is 2. The molecule has 0 bridgehead atoms. The third-order valence-corrected chi connectivity index (χ3v) is 6.41. The van der Waals surface area contributed by atoms with E-state index in [9.17, 15) is 9.59 Å². The highest BCUT2D eigenvalue weighted by Crippen LogP contribution is 2.25. The van der Waals surface area contributed by atoms with Crippen LogP contribution in [-0.4, -0.2) is 47.8 Å². The highest BCUT2D eigenvalue weighted by atomic mass is 35.5. The molecule has 1 N–H and O–H groups in total. The van der Waals surface area contributed by atoms with E-state index >= 15 is 0 Å². The van der Waals surface area contributed by atoms with Crippen molar-refractivity contribution in [2.24, 2.45) is 5.92 Å². The number of likely N-dealkylation sites (tertiary alicyclic amines) is 2. The fourth-order valence-electron chi connectivity index (χ4n) is 4.38. The molecular formula is C24H28ClN3O2. The Bertz CT molecular complexity index is 911. The highest BCUT2D eigenvalue weighted by Gasteiger charge is 2.28. The van der Waals surface area contributed by atoms with Crippen LogP contribution in [0.3, 0.4) is 0 Å². The van der Waals surface area contributed by atoms with Gasteiger partial charge in [0.2, 0.25) is 5.91 Å². The highest BCUT2D eigenvalue weighted by molar-refractivity contribution is 6.31. The summed E-state index contributed by atoms with van der Waals surface area (Å²) in [5.41, 5.74) is 2.28. The number of benzene rings is 2. The van der Waals surface area contributed by atoms with Gasteiger partial charge in [0.05, 0.1) is 17.2 Å². The monoisotopic (exact) mass is 425 g/mol. The minimum absolute atomic E-state index is 0.00684. The summed E-state index contributed by atoms with van der Waals surface area (Å²) in [6, 6.07) is 15.2. The molecule has 0 aromatic heterocycles. The van der Waals surface area contributed by atoms with Crippen LogP contribution in [0.1, 0.15) is 41.6 Å². The Balaban J connectivity index is 1.41. The molecule has 30 heavy (non-hydrogen) atoms. The molecule has 0 radical (unpaired) electrons. The molecule has 2 fully saturated rings. The quantitative estimate of drug-likeness (QED) is 0.771. The number of halogens is 1. The largest absolute Gasteiger partial charge is 0.339 e. The van der Waals surface area contributed by atoms with Crippen molar-refractivity contribution in [1.82, 2.24) is 9.80 Å². The lowest BCUT2D eigenvalue weighted by Crippen LogP contribution is -2.40. The molecule has 0 spiro atoms. The van der Waals surface area contributed by atoms with Gasteiger partial charge < -0.3 is 10.2 Å². The summed E-state index contributed by atoms with van der Waals surface area (Å²) in [5, 5.41) is 3.80. The third-order valence-electron chi connectivity index (χ3n) is 6.04. The molecule has 0 aliphatic carbocycles. The number of rotatable bonds is 5. The van der Waals surface area contributed by atoms with Crippen molar-refractivity contribution >= 4 is 29.1 Å². The van der Waals surface area contributed by atoms with Crippen LogP contribution in [0.4, 0.5) is 5.69 Å². The molecule has 1 atom stereocenters. The van der Waals surface area contributed by atoms with Crippen LogP contribution < -0.4 is 5.32 Å². The molecule has 2 heterocycles. The summed E-state index contributed by atoms with van der Waals surface area (Å²) in [7, 11) is 0. The molecule has 2 saturated heterocycles. The fraction of sp³-hybridized carbons (Fsp3) is 0.417. The maximum atomic E-state index is 13.0. The number of hydrogen-bond acceptors (Lipinski definition) is 3. The van der Waals surface area contributed by atoms with Gasteiger partial charge in [-0.3, -0.25) is 14.5 Å². The van der Waals surface area contributed by atoms with Gasteiger partial charge in [-0.2, -0.15) is 0 Å². The fourth-order valence-corrected chi connectivity index (χ4v) is 4.58. The van der Waals surface area contributed by atoms with Crippen LogP contribution in [0.15, 0.2) is 48.5 Å². The zero-order chi connectivity index (χ0) is 20.9. The topological polar surface area (TPSA) is 52.7 Å². The van der Waals surface area contributed by atoms with Crippen molar-refractivity contribution in [3.63, 3.8) is 0 Å². The molecule has 2 aromatic carbocycles. The summed E-state index contributed by atoms with van der Waals surface area (Å²) >= 11 is 6.31. The van der Waals surface area contributed by atoms with E-state index in [2.05, 4.69) is 10.2 Å². The van der Waals surface area contributed by atoms with Crippen molar-refractivity contribution < 1.29 is 9.59 Å². The van der Waals surface area contributed by atoms with Crippen molar-refractivity contribution in [2.45, 2.75) is 32.2 Å². The SMILES string of the molecule is O=C(Nc1ccccc1C(=O)N1CCCC1)[C@H]1CCCN(Cc2ccccc2Cl)C1. The van der Waals surface area contributed by atoms with Gasteiger partial charge in [0.15, 0.2) is 0 Å². The minimum Gasteiger partial charge on any atom is -0.339 e. The molecule has 2 amide bonds. The summed E-state index contributed by atoms with van der Waals surface area (Å²) in [4.78, 5) is 30.1. The Labute approximate surface area is 183 Å². The molecule has 2 aliphatic rings. The van der Waals surface area contributed by atoms with Crippen molar-refractivity contribution in [1.29, 1.82) is 0 Å². The minimum atomic E-state index is -0.101. The molecular weight excluding hydrogens is 398 g/mol. The number of piperidine rings is 1. The predicted molar refractivity (Wildman–Crippen MR) is 120 cm³/mol. The summed E-state index contributed by atoms with van der Waals surface area (Å²) < 4.78 is 0. The van der Waals surface area contributed by atoms with E-state index in [0.29, 0.717) is 17.8 Å². The molecule has 6 heteroatoms. The Hall–Kier alpha value is -2.37. The molecule has 5 nitrogen and oxygen atoms in total. The molecule has 2 aromatic rings. The average molecular weight is 426 g/mol.